The minimum atomic E-state index is -0.635. The summed E-state index contributed by atoms with van der Waals surface area (Å²) in [5, 5.41) is 7.17. The van der Waals surface area contributed by atoms with E-state index in [1.54, 1.807) is 18.7 Å². The molecule has 1 amide bonds. The summed E-state index contributed by atoms with van der Waals surface area (Å²) in [5.74, 6) is -0.266. The van der Waals surface area contributed by atoms with E-state index in [4.69, 9.17) is 21.1 Å². The third-order valence-corrected chi connectivity index (χ3v) is 3.99. The van der Waals surface area contributed by atoms with Crippen LogP contribution in [0.25, 0.3) is 6.08 Å². The zero-order chi connectivity index (χ0) is 19.1. The van der Waals surface area contributed by atoms with E-state index < -0.39 is 5.97 Å². The van der Waals surface area contributed by atoms with Gasteiger partial charge in [0.25, 0.3) is 5.91 Å². The number of amides is 1. The van der Waals surface area contributed by atoms with Crippen molar-refractivity contribution in [2.75, 3.05) is 20.8 Å². The molecule has 138 valence electrons. The van der Waals surface area contributed by atoms with Crippen LogP contribution >= 0.6 is 11.6 Å². The highest BCUT2D eigenvalue weighted by molar-refractivity contribution is 6.31. The molecule has 1 N–H and O–H groups in total. The van der Waals surface area contributed by atoms with Gasteiger partial charge < -0.3 is 14.8 Å². The number of hydrogen-bond donors (Lipinski definition) is 1. The van der Waals surface area contributed by atoms with Crippen molar-refractivity contribution in [2.24, 2.45) is 0 Å². The Balaban J connectivity index is 2.10. The SMILES string of the molecule is CNC(=O)COC(=O)/C=C/c1c(C)nn(Cc2cccc(OC)c2)c1Cl. The average molecular weight is 378 g/mol. The monoisotopic (exact) mass is 377 g/mol. The van der Waals surface area contributed by atoms with Crippen molar-refractivity contribution in [2.45, 2.75) is 13.5 Å². The summed E-state index contributed by atoms with van der Waals surface area (Å²) in [4.78, 5) is 22.7. The van der Waals surface area contributed by atoms with Gasteiger partial charge in [-0.1, -0.05) is 23.7 Å². The number of carbonyl (C=O) groups is 2. The van der Waals surface area contributed by atoms with E-state index in [-0.39, 0.29) is 12.5 Å². The smallest absolute Gasteiger partial charge is 0.331 e. The number of hydrogen-bond acceptors (Lipinski definition) is 5. The molecular weight excluding hydrogens is 358 g/mol. The molecule has 0 aliphatic heterocycles. The first-order valence-electron chi connectivity index (χ1n) is 7.86. The predicted octanol–water partition coefficient (Wildman–Crippen LogP) is 2.20. The predicted molar refractivity (Wildman–Crippen MR) is 98.1 cm³/mol. The Morgan fingerprint density at radius 2 is 2.15 bits per heavy atom. The van der Waals surface area contributed by atoms with Gasteiger partial charge in [-0.25, -0.2) is 9.48 Å². The first-order valence-corrected chi connectivity index (χ1v) is 8.23. The molecule has 0 aliphatic rings. The van der Waals surface area contributed by atoms with Gasteiger partial charge in [0.15, 0.2) is 6.61 Å². The number of ether oxygens (including phenoxy) is 2. The maximum atomic E-state index is 11.7. The van der Waals surface area contributed by atoms with Gasteiger partial charge in [0.2, 0.25) is 0 Å². The first kappa shape index (κ1) is 19.5. The highest BCUT2D eigenvalue weighted by Gasteiger charge is 2.12. The Kier molecular flexibility index (Phi) is 6.80. The maximum absolute atomic E-state index is 11.7. The molecule has 0 saturated carbocycles. The lowest BCUT2D eigenvalue weighted by molar-refractivity contribution is -0.143. The van der Waals surface area contributed by atoms with E-state index in [9.17, 15) is 9.59 Å². The van der Waals surface area contributed by atoms with Crippen molar-refractivity contribution in [1.29, 1.82) is 0 Å². The molecule has 2 aromatic rings. The number of methoxy groups -OCH3 is 1. The minimum Gasteiger partial charge on any atom is -0.497 e. The number of halogens is 1. The third kappa shape index (κ3) is 5.10. The van der Waals surface area contributed by atoms with Gasteiger partial charge in [-0.15, -0.1) is 0 Å². The van der Waals surface area contributed by atoms with E-state index in [0.29, 0.717) is 23.0 Å². The van der Waals surface area contributed by atoms with Crippen molar-refractivity contribution in [3.05, 3.63) is 52.3 Å². The molecule has 0 aliphatic carbocycles. The quantitative estimate of drug-likeness (QED) is 0.591. The molecule has 0 radical (unpaired) electrons. The number of aromatic nitrogens is 2. The lowest BCUT2D eigenvalue weighted by atomic mass is 10.2. The fraction of sp³-hybridized carbons (Fsp3) is 0.278. The summed E-state index contributed by atoms with van der Waals surface area (Å²) in [6, 6.07) is 7.60. The zero-order valence-corrected chi connectivity index (χ0v) is 15.5. The second-order valence-electron chi connectivity index (χ2n) is 5.41. The Bertz CT molecular complexity index is 830. The molecule has 0 atom stereocenters. The Morgan fingerprint density at radius 3 is 2.85 bits per heavy atom. The number of benzene rings is 1. The fourth-order valence-corrected chi connectivity index (χ4v) is 2.51. The van der Waals surface area contributed by atoms with Gasteiger partial charge in [0, 0.05) is 18.7 Å². The van der Waals surface area contributed by atoms with E-state index in [1.807, 2.05) is 24.3 Å². The summed E-state index contributed by atoms with van der Waals surface area (Å²) in [6.45, 7) is 1.93. The van der Waals surface area contributed by atoms with Crippen molar-refractivity contribution < 1.29 is 19.1 Å². The average Bonchev–Trinajstić information content (AvgIpc) is 2.91. The van der Waals surface area contributed by atoms with Crippen LogP contribution in [-0.4, -0.2) is 42.4 Å². The molecule has 0 unspecified atom stereocenters. The van der Waals surface area contributed by atoms with Crippen molar-refractivity contribution >= 4 is 29.6 Å². The number of aryl methyl sites for hydroxylation is 1. The lowest BCUT2D eigenvalue weighted by Gasteiger charge is -2.06. The molecule has 0 saturated heterocycles. The van der Waals surface area contributed by atoms with E-state index in [0.717, 1.165) is 11.3 Å². The van der Waals surface area contributed by atoms with Crippen LogP contribution in [0.2, 0.25) is 5.15 Å². The number of likely N-dealkylation sites (N-methyl/N-ethyl adjacent to an activating group) is 1. The van der Waals surface area contributed by atoms with E-state index in [2.05, 4.69) is 10.4 Å². The Morgan fingerprint density at radius 1 is 1.38 bits per heavy atom. The molecule has 1 aromatic heterocycles. The minimum absolute atomic E-state index is 0.332. The topological polar surface area (TPSA) is 82.5 Å². The summed E-state index contributed by atoms with van der Waals surface area (Å²) in [7, 11) is 3.07. The molecule has 1 aromatic carbocycles. The normalized spacial score (nSPS) is 10.8. The number of carbonyl (C=O) groups excluding carboxylic acids is 2. The largest absolute Gasteiger partial charge is 0.497 e. The Labute approximate surface area is 156 Å². The fourth-order valence-electron chi connectivity index (χ4n) is 2.21. The van der Waals surface area contributed by atoms with Gasteiger partial charge in [0.05, 0.1) is 19.3 Å². The number of nitrogens with zero attached hydrogens (tertiary/aromatic N) is 2. The molecule has 7 nitrogen and oxygen atoms in total. The van der Waals surface area contributed by atoms with Gasteiger partial charge in [-0.2, -0.15) is 5.10 Å². The molecule has 8 heteroatoms. The van der Waals surface area contributed by atoms with Crippen LogP contribution in [0.4, 0.5) is 0 Å². The first-order chi connectivity index (χ1) is 12.4. The third-order valence-electron chi connectivity index (χ3n) is 3.59. The number of esters is 1. The van der Waals surface area contributed by atoms with Crippen molar-refractivity contribution in [3.8, 4) is 5.75 Å². The molecule has 26 heavy (non-hydrogen) atoms. The molecule has 1 heterocycles. The van der Waals surface area contributed by atoms with Gasteiger partial charge in [0.1, 0.15) is 10.9 Å². The maximum Gasteiger partial charge on any atom is 0.331 e. The highest BCUT2D eigenvalue weighted by Crippen LogP contribution is 2.23. The van der Waals surface area contributed by atoms with E-state index >= 15 is 0 Å². The van der Waals surface area contributed by atoms with Crippen molar-refractivity contribution in [1.82, 2.24) is 15.1 Å². The van der Waals surface area contributed by atoms with Crippen LogP contribution in [0.3, 0.4) is 0 Å². The standard InChI is InChI=1S/C18H20ClN3O4/c1-12-15(7-8-17(24)26-11-16(23)20-2)18(19)22(21-12)10-13-5-4-6-14(9-13)25-3/h4-9H,10-11H2,1-3H3,(H,20,23)/b8-7+. The molecular formula is C18H20ClN3O4. The van der Waals surface area contributed by atoms with Crippen LogP contribution < -0.4 is 10.1 Å². The van der Waals surface area contributed by atoms with Gasteiger partial charge in [-0.3, -0.25) is 4.79 Å². The summed E-state index contributed by atoms with van der Waals surface area (Å²) in [6.07, 6.45) is 2.74. The lowest BCUT2D eigenvalue weighted by Crippen LogP contribution is -2.24. The summed E-state index contributed by atoms with van der Waals surface area (Å²) >= 11 is 6.39. The van der Waals surface area contributed by atoms with E-state index in [1.165, 1.54) is 19.2 Å². The summed E-state index contributed by atoms with van der Waals surface area (Å²) < 4.78 is 11.7. The molecule has 2 rings (SSSR count). The zero-order valence-electron chi connectivity index (χ0n) is 14.8. The van der Waals surface area contributed by atoms with Gasteiger partial charge in [-0.05, 0) is 30.7 Å². The second-order valence-corrected chi connectivity index (χ2v) is 5.77. The second kappa shape index (κ2) is 9.05. The van der Waals surface area contributed by atoms with Gasteiger partial charge >= 0.3 is 5.97 Å². The van der Waals surface area contributed by atoms with Crippen LogP contribution in [0.5, 0.6) is 5.75 Å². The molecule has 0 spiro atoms. The highest BCUT2D eigenvalue weighted by atomic mass is 35.5. The van der Waals surface area contributed by atoms with Crippen LogP contribution in [-0.2, 0) is 20.9 Å². The molecule has 0 fully saturated rings. The Hall–Kier alpha value is -2.80. The number of rotatable bonds is 7. The van der Waals surface area contributed by atoms with Crippen LogP contribution in [0, 0.1) is 6.92 Å². The van der Waals surface area contributed by atoms with Crippen LogP contribution in [0.15, 0.2) is 30.3 Å². The van der Waals surface area contributed by atoms with Crippen LogP contribution in [0.1, 0.15) is 16.8 Å². The summed E-state index contributed by atoms with van der Waals surface area (Å²) in [5.41, 5.74) is 2.27. The molecule has 0 bridgehead atoms. The number of nitrogens with one attached hydrogen (secondary N) is 1. The van der Waals surface area contributed by atoms with Crippen molar-refractivity contribution in [3.63, 3.8) is 0 Å².